The average molecular weight is 674 g/mol. The first kappa shape index (κ1) is 34.8. The number of benzene rings is 5. The zero-order chi connectivity index (χ0) is 34.9. The maximum atomic E-state index is 12.8. The van der Waals surface area contributed by atoms with Gasteiger partial charge < -0.3 is 35.1 Å². The Labute approximate surface area is 293 Å². The molecular weight excluding hydrogens is 630 g/mol. The van der Waals surface area contributed by atoms with Gasteiger partial charge >= 0.3 is 6.03 Å². The Bertz CT molecular complexity index is 1790. The number of anilines is 2. The Morgan fingerprint density at radius 1 is 0.780 bits per heavy atom. The van der Waals surface area contributed by atoms with Crippen LogP contribution in [0.15, 0.2) is 133 Å². The minimum absolute atomic E-state index is 0.0268. The van der Waals surface area contributed by atoms with Crippen molar-refractivity contribution >= 4 is 17.4 Å². The predicted octanol–water partition coefficient (Wildman–Crippen LogP) is 8.21. The molecule has 1 fully saturated rings. The second-order valence-electron chi connectivity index (χ2n) is 12.5. The summed E-state index contributed by atoms with van der Waals surface area (Å²) in [5, 5.41) is 26.3. The molecule has 1 aliphatic heterocycles. The van der Waals surface area contributed by atoms with E-state index in [0.717, 1.165) is 28.0 Å². The van der Waals surface area contributed by atoms with E-state index in [0.29, 0.717) is 30.1 Å². The van der Waals surface area contributed by atoms with Gasteiger partial charge in [0.05, 0.1) is 24.9 Å². The normalized spacial score (nSPS) is 18.6. The summed E-state index contributed by atoms with van der Waals surface area (Å²) in [6, 6.07) is 41.0. The van der Waals surface area contributed by atoms with Crippen molar-refractivity contribution in [1.82, 2.24) is 4.90 Å². The number of amides is 2. The van der Waals surface area contributed by atoms with E-state index in [-0.39, 0.29) is 30.9 Å². The molecule has 0 saturated carbocycles. The second-order valence-corrected chi connectivity index (χ2v) is 12.5. The van der Waals surface area contributed by atoms with Crippen LogP contribution in [0.1, 0.15) is 54.1 Å². The molecule has 4 N–H and O–H groups in total. The molecular formula is C41H43N3O6. The van der Waals surface area contributed by atoms with Gasteiger partial charge in [0.1, 0.15) is 11.5 Å². The number of carbonyl (C=O) groups excluding carboxylic acids is 1. The van der Waals surface area contributed by atoms with Crippen LogP contribution in [0.2, 0.25) is 0 Å². The standard InChI is InChI=1S/C41H43N3O6/c1-28(39(46)31-9-5-3-6-10-31)44(2)26-37-25-38(30-15-13-29(27-45)14-16-30)50-40(49-37)32-17-19-33(20-18-32)42-41(47)43-34-21-23-36(24-22-34)48-35-11-7-4-8-12-35/h3-24,28,37-40,45-46H,25-27H2,1-2H3,(H2,42,43,47)/t28-,37-,38+,39-,40+/m0/s1. The Morgan fingerprint density at radius 2 is 1.34 bits per heavy atom. The highest BCUT2D eigenvalue weighted by Gasteiger charge is 2.34. The van der Waals surface area contributed by atoms with Crippen molar-refractivity contribution < 1.29 is 29.2 Å². The molecule has 258 valence electrons. The molecule has 6 rings (SSSR count). The summed E-state index contributed by atoms with van der Waals surface area (Å²) in [6.07, 6.45) is -1.13. The number of hydrogen-bond acceptors (Lipinski definition) is 7. The lowest BCUT2D eigenvalue weighted by Crippen LogP contribution is -2.43. The Morgan fingerprint density at radius 3 is 1.96 bits per heavy atom. The van der Waals surface area contributed by atoms with Crippen LogP contribution in [0.3, 0.4) is 0 Å². The van der Waals surface area contributed by atoms with Crippen LogP contribution in [0.4, 0.5) is 16.2 Å². The summed E-state index contributed by atoms with van der Waals surface area (Å²) in [4.78, 5) is 14.9. The first-order chi connectivity index (χ1) is 24.3. The van der Waals surface area contributed by atoms with Crippen LogP contribution in [-0.4, -0.2) is 46.9 Å². The average Bonchev–Trinajstić information content (AvgIpc) is 3.16. The van der Waals surface area contributed by atoms with Gasteiger partial charge in [-0.25, -0.2) is 4.79 Å². The van der Waals surface area contributed by atoms with Crippen molar-refractivity contribution in [3.8, 4) is 11.5 Å². The van der Waals surface area contributed by atoms with E-state index in [2.05, 4.69) is 15.5 Å². The molecule has 0 aliphatic carbocycles. The van der Waals surface area contributed by atoms with E-state index in [1.54, 1.807) is 24.3 Å². The molecule has 5 aromatic carbocycles. The zero-order valence-corrected chi connectivity index (χ0v) is 28.2. The number of likely N-dealkylation sites (N-methyl/N-ethyl adjacent to an activating group) is 1. The van der Waals surface area contributed by atoms with Crippen LogP contribution >= 0.6 is 0 Å². The topological polar surface area (TPSA) is 113 Å². The van der Waals surface area contributed by atoms with E-state index in [1.807, 2.05) is 123 Å². The summed E-state index contributed by atoms with van der Waals surface area (Å²) in [6.45, 7) is 2.56. The number of urea groups is 1. The molecule has 0 spiro atoms. The number of rotatable bonds is 12. The van der Waals surface area contributed by atoms with Gasteiger partial charge in [-0.2, -0.15) is 0 Å². The summed E-state index contributed by atoms with van der Waals surface area (Å²) in [5.74, 6) is 1.41. The minimum atomic E-state index is -0.654. The molecule has 5 atom stereocenters. The number of carbonyl (C=O) groups is 1. The summed E-state index contributed by atoms with van der Waals surface area (Å²) >= 11 is 0. The van der Waals surface area contributed by atoms with Crippen molar-refractivity contribution in [2.75, 3.05) is 24.2 Å². The number of aliphatic hydroxyl groups excluding tert-OH is 2. The van der Waals surface area contributed by atoms with E-state index in [9.17, 15) is 15.0 Å². The third kappa shape index (κ3) is 9.15. The maximum absolute atomic E-state index is 12.8. The Balaban J connectivity index is 1.10. The molecule has 0 radical (unpaired) electrons. The van der Waals surface area contributed by atoms with Crippen molar-refractivity contribution in [3.63, 3.8) is 0 Å². The molecule has 1 saturated heterocycles. The zero-order valence-electron chi connectivity index (χ0n) is 28.2. The number of para-hydroxylation sites is 1. The largest absolute Gasteiger partial charge is 0.457 e. The van der Waals surface area contributed by atoms with E-state index in [4.69, 9.17) is 14.2 Å². The maximum Gasteiger partial charge on any atom is 0.323 e. The third-order valence-corrected chi connectivity index (χ3v) is 8.93. The molecule has 2 amide bonds. The van der Waals surface area contributed by atoms with Gasteiger partial charge in [0.2, 0.25) is 0 Å². The van der Waals surface area contributed by atoms with Gasteiger partial charge in [-0.05, 0) is 79.2 Å². The molecule has 1 aliphatic rings. The van der Waals surface area contributed by atoms with Crippen molar-refractivity contribution in [2.45, 2.75) is 50.6 Å². The Hall–Kier alpha value is -5.03. The predicted molar refractivity (Wildman–Crippen MR) is 194 cm³/mol. The fraction of sp³-hybridized carbons (Fsp3) is 0.244. The molecule has 9 nitrogen and oxygen atoms in total. The fourth-order valence-electron chi connectivity index (χ4n) is 5.94. The molecule has 0 unspecified atom stereocenters. The number of ether oxygens (including phenoxy) is 3. The number of nitrogens with one attached hydrogen (secondary N) is 2. The van der Waals surface area contributed by atoms with Gasteiger partial charge in [0.15, 0.2) is 6.29 Å². The molecule has 50 heavy (non-hydrogen) atoms. The van der Waals surface area contributed by atoms with Gasteiger partial charge in [-0.15, -0.1) is 0 Å². The smallest absolute Gasteiger partial charge is 0.323 e. The first-order valence-corrected chi connectivity index (χ1v) is 16.8. The summed E-state index contributed by atoms with van der Waals surface area (Å²) in [7, 11) is 1.99. The van der Waals surface area contributed by atoms with Crippen molar-refractivity contribution in [3.05, 3.63) is 156 Å². The molecule has 5 aromatic rings. The lowest BCUT2D eigenvalue weighted by Gasteiger charge is -2.39. The quantitative estimate of drug-likeness (QED) is 0.106. The van der Waals surface area contributed by atoms with Crippen molar-refractivity contribution in [2.24, 2.45) is 0 Å². The van der Waals surface area contributed by atoms with Crippen molar-refractivity contribution in [1.29, 1.82) is 0 Å². The van der Waals surface area contributed by atoms with Crippen LogP contribution in [-0.2, 0) is 16.1 Å². The highest BCUT2D eigenvalue weighted by atomic mass is 16.7. The fourth-order valence-corrected chi connectivity index (χ4v) is 5.94. The van der Waals surface area contributed by atoms with Gasteiger partial charge in [-0.3, -0.25) is 4.90 Å². The summed E-state index contributed by atoms with van der Waals surface area (Å²) < 4.78 is 18.9. The lowest BCUT2D eigenvalue weighted by atomic mass is 9.98. The number of nitrogens with zero attached hydrogens (tertiary/aromatic N) is 1. The van der Waals surface area contributed by atoms with Crippen LogP contribution in [0.5, 0.6) is 11.5 Å². The highest BCUT2D eigenvalue weighted by Crippen LogP contribution is 2.39. The third-order valence-electron chi connectivity index (χ3n) is 8.93. The first-order valence-electron chi connectivity index (χ1n) is 16.8. The number of hydrogen-bond donors (Lipinski definition) is 4. The van der Waals surface area contributed by atoms with Gasteiger partial charge in [-0.1, -0.05) is 84.9 Å². The molecule has 1 heterocycles. The van der Waals surface area contributed by atoms with Crippen LogP contribution in [0.25, 0.3) is 0 Å². The minimum Gasteiger partial charge on any atom is -0.457 e. The van der Waals surface area contributed by atoms with Crippen LogP contribution < -0.4 is 15.4 Å². The van der Waals surface area contributed by atoms with E-state index >= 15 is 0 Å². The Kier molecular flexibility index (Phi) is 11.5. The summed E-state index contributed by atoms with van der Waals surface area (Å²) in [5.41, 5.74) is 4.75. The van der Waals surface area contributed by atoms with Gasteiger partial charge in [0.25, 0.3) is 0 Å². The second kappa shape index (κ2) is 16.6. The SMILES string of the molecule is C[C@@H]([C@H](O)c1ccccc1)N(C)C[C@@H]1C[C@H](c2ccc(CO)cc2)O[C@H](c2ccc(NC(=O)Nc3ccc(Oc4ccccc4)cc3)cc2)O1. The van der Waals surface area contributed by atoms with E-state index in [1.165, 1.54) is 0 Å². The lowest BCUT2D eigenvalue weighted by molar-refractivity contribution is -0.253. The van der Waals surface area contributed by atoms with Crippen LogP contribution in [0, 0.1) is 0 Å². The monoisotopic (exact) mass is 673 g/mol. The molecule has 0 aromatic heterocycles. The highest BCUT2D eigenvalue weighted by molar-refractivity contribution is 5.99. The molecule has 0 bridgehead atoms. The number of aliphatic hydroxyl groups is 2. The molecule has 9 heteroatoms. The van der Waals surface area contributed by atoms with Gasteiger partial charge in [0, 0.05) is 35.9 Å². The van der Waals surface area contributed by atoms with E-state index < -0.39 is 12.4 Å².